The normalized spacial score (nSPS) is 10.8. The highest BCUT2D eigenvalue weighted by Crippen LogP contribution is 2.17. The third-order valence-corrected chi connectivity index (χ3v) is 3.95. The van der Waals surface area contributed by atoms with Gasteiger partial charge in [-0.1, -0.05) is 18.2 Å². The van der Waals surface area contributed by atoms with Crippen molar-refractivity contribution in [2.75, 3.05) is 20.2 Å². The van der Waals surface area contributed by atoms with Crippen molar-refractivity contribution in [2.24, 2.45) is 4.99 Å². The fourth-order valence-electron chi connectivity index (χ4n) is 2.12. The number of ether oxygens (including phenoxy) is 1. The van der Waals surface area contributed by atoms with Gasteiger partial charge in [-0.2, -0.15) is 11.3 Å². The van der Waals surface area contributed by atoms with Gasteiger partial charge in [0.15, 0.2) is 5.96 Å². The summed E-state index contributed by atoms with van der Waals surface area (Å²) in [6.45, 7) is 4.30. The minimum absolute atomic E-state index is 0. The number of guanidine groups is 1. The van der Waals surface area contributed by atoms with E-state index in [-0.39, 0.29) is 24.0 Å². The molecule has 23 heavy (non-hydrogen) atoms. The number of hydrogen-bond acceptors (Lipinski definition) is 3. The lowest BCUT2D eigenvalue weighted by Gasteiger charge is -2.13. The maximum atomic E-state index is 5.64. The van der Waals surface area contributed by atoms with Gasteiger partial charge in [0, 0.05) is 20.1 Å². The summed E-state index contributed by atoms with van der Waals surface area (Å²) in [6, 6.07) is 10.3. The third-order valence-electron chi connectivity index (χ3n) is 3.22. The third kappa shape index (κ3) is 6.78. The number of hydrogen-bond donors (Lipinski definition) is 2. The van der Waals surface area contributed by atoms with Crippen molar-refractivity contribution in [3.63, 3.8) is 0 Å². The number of aliphatic imine (C=N–C) groups is 1. The van der Waals surface area contributed by atoms with Gasteiger partial charge in [0.2, 0.25) is 0 Å². The Bertz CT molecular complexity index is 587. The van der Waals surface area contributed by atoms with Gasteiger partial charge in [-0.15, -0.1) is 24.0 Å². The van der Waals surface area contributed by atoms with Crippen LogP contribution in [0.5, 0.6) is 5.75 Å². The monoisotopic (exact) mass is 445 g/mol. The Balaban J connectivity index is 0.00000264. The zero-order chi connectivity index (χ0) is 15.6. The molecule has 0 unspecified atom stereocenters. The van der Waals surface area contributed by atoms with Crippen molar-refractivity contribution in [3.8, 4) is 5.75 Å². The van der Waals surface area contributed by atoms with Crippen molar-refractivity contribution in [2.45, 2.75) is 19.9 Å². The van der Waals surface area contributed by atoms with Crippen LogP contribution >= 0.6 is 35.3 Å². The van der Waals surface area contributed by atoms with E-state index >= 15 is 0 Å². The summed E-state index contributed by atoms with van der Waals surface area (Å²) < 4.78 is 5.64. The molecule has 0 aliphatic carbocycles. The van der Waals surface area contributed by atoms with Crippen LogP contribution in [0.3, 0.4) is 0 Å². The molecule has 0 spiro atoms. The number of para-hydroxylation sites is 1. The Morgan fingerprint density at radius 3 is 2.74 bits per heavy atom. The van der Waals surface area contributed by atoms with Gasteiger partial charge in [-0.25, -0.2) is 0 Å². The van der Waals surface area contributed by atoms with Crippen LogP contribution in [-0.2, 0) is 13.0 Å². The second-order valence-electron chi connectivity index (χ2n) is 4.77. The molecule has 0 fully saturated rings. The van der Waals surface area contributed by atoms with Gasteiger partial charge in [0.1, 0.15) is 5.75 Å². The topological polar surface area (TPSA) is 45.6 Å². The van der Waals surface area contributed by atoms with Crippen molar-refractivity contribution in [3.05, 3.63) is 52.2 Å². The minimum Gasteiger partial charge on any atom is -0.494 e. The van der Waals surface area contributed by atoms with E-state index < -0.39 is 0 Å². The van der Waals surface area contributed by atoms with Gasteiger partial charge < -0.3 is 15.4 Å². The molecular weight excluding hydrogens is 421 g/mol. The molecule has 0 saturated carbocycles. The molecule has 1 aromatic carbocycles. The largest absolute Gasteiger partial charge is 0.494 e. The lowest BCUT2D eigenvalue weighted by molar-refractivity contribution is 0.336. The molecule has 0 amide bonds. The molecule has 0 bridgehead atoms. The lowest BCUT2D eigenvalue weighted by atomic mass is 10.1. The van der Waals surface area contributed by atoms with Crippen LogP contribution in [-0.4, -0.2) is 26.2 Å². The first-order chi connectivity index (χ1) is 10.8. The lowest BCUT2D eigenvalue weighted by Crippen LogP contribution is -2.37. The quantitative estimate of drug-likeness (QED) is 0.389. The summed E-state index contributed by atoms with van der Waals surface area (Å²) in [4.78, 5) is 4.24. The summed E-state index contributed by atoms with van der Waals surface area (Å²) in [5.41, 5.74) is 2.49. The predicted octanol–water partition coefficient (Wildman–Crippen LogP) is 3.67. The Labute approximate surface area is 159 Å². The van der Waals surface area contributed by atoms with Gasteiger partial charge in [-0.3, -0.25) is 4.99 Å². The number of rotatable bonds is 7. The molecule has 2 N–H and O–H groups in total. The first-order valence-electron chi connectivity index (χ1n) is 7.49. The Morgan fingerprint density at radius 1 is 1.22 bits per heavy atom. The molecule has 126 valence electrons. The van der Waals surface area contributed by atoms with Crippen LogP contribution < -0.4 is 15.4 Å². The van der Waals surface area contributed by atoms with Crippen molar-refractivity contribution in [1.29, 1.82) is 0 Å². The first kappa shape index (κ1) is 19.8. The molecule has 4 nitrogen and oxygen atoms in total. The van der Waals surface area contributed by atoms with Crippen LogP contribution in [0.1, 0.15) is 18.1 Å². The van der Waals surface area contributed by atoms with Crippen LogP contribution in [0, 0.1) is 0 Å². The van der Waals surface area contributed by atoms with Gasteiger partial charge in [0.05, 0.1) is 6.61 Å². The zero-order valence-corrected chi connectivity index (χ0v) is 16.7. The SMILES string of the molecule is CCOc1ccccc1CCNC(=NC)NCc1ccsc1.I. The second kappa shape index (κ2) is 11.3. The average molecular weight is 445 g/mol. The Hall–Kier alpha value is -1.28. The molecule has 1 aromatic heterocycles. The standard InChI is InChI=1S/C17H23N3OS.HI/c1-3-21-16-7-5-4-6-15(16)8-10-19-17(18-2)20-12-14-9-11-22-13-14;/h4-7,9,11,13H,3,8,10,12H2,1-2H3,(H2,18,19,20);1H. The van der Waals surface area contributed by atoms with Gasteiger partial charge >= 0.3 is 0 Å². The molecule has 0 atom stereocenters. The highest BCUT2D eigenvalue weighted by Gasteiger charge is 2.03. The summed E-state index contributed by atoms with van der Waals surface area (Å²) in [5.74, 6) is 1.79. The summed E-state index contributed by atoms with van der Waals surface area (Å²) >= 11 is 1.71. The number of nitrogens with one attached hydrogen (secondary N) is 2. The summed E-state index contributed by atoms with van der Waals surface area (Å²) in [6.07, 6.45) is 0.898. The highest BCUT2D eigenvalue weighted by molar-refractivity contribution is 14.0. The number of thiophene rings is 1. The van der Waals surface area contributed by atoms with Gasteiger partial charge in [0.25, 0.3) is 0 Å². The first-order valence-corrected chi connectivity index (χ1v) is 8.44. The maximum absolute atomic E-state index is 5.64. The van der Waals surface area contributed by atoms with Crippen LogP contribution in [0.4, 0.5) is 0 Å². The van der Waals surface area contributed by atoms with E-state index in [2.05, 4.69) is 38.5 Å². The van der Waals surface area contributed by atoms with E-state index in [1.165, 1.54) is 11.1 Å². The molecule has 6 heteroatoms. The van der Waals surface area contributed by atoms with Crippen molar-refractivity contribution < 1.29 is 4.74 Å². The molecule has 0 radical (unpaired) electrons. The molecule has 0 aliphatic heterocycles. The molecule has 2 rings (SSSR count). The maximum Gasteiger partial charge on any atom is 0.191 e. The Morgan fingerprint density at radius 2 is 2.04 bits per heavy atom. The molecule has 2 aromatic rings. The van der Waals surface area contributed by atoms with Gasteiger partial charge in [-0.05, 0) is 47.4 Å². The van der Waals surface area contributed by atoms with E-state index in [0.717, 1.165) is 31.2 Å². The zero-order valence-electron chi connectivity index (χ0n) is 13.5. The van der Waals surface area contributed by atoms with Crippen LogP contribution in [0.15, 0.2) is 46.1 Å². The van der Waals surface area contributed by atoms with Crippen LogP contribution in [0.2, 0.25) is 0 Å². The van der Waals surface area contributed by atoms with E-state index in [1.807, 2.05) is 25.1 Å². The number of halogens is 1. The molecule has 0 saturated heterocycles. The summed E-state index contributed by atoms with van der Waals surface area (Å²) in [7, 11) is 1.79. The smallest absolute Gasteiger partial charge is 0.191 e. The fourth-order valence-corrected chi connectivity index (χ4v) is 2.79. The summed E-state index contributed by atoms with van der Waals surface area (Å²) in [5, 5.41) is 10.9. The van der Waals surface area contributed by atoms with Crippen molar-refractivity contribution >= 4 is 41.3 Å². The van der Waals surface area contributed by atoms with Crippen molar-refractivity contribution in [1.82, 2.24) is 10.6 Å². The average Bonchev–Trinajstić information content (AvgIpc) is 3.06. The molecule has 0 aliphatic rings. The number of benzene rings is 1. The van der Waals surface area contributed by atoms with Crippen LogP contribution in [0.25, 0.3) is 0 Å². The Kier molecular flexibility index (Phi) is 9.70. The fraction of sp³-hybridized carbons (Fsp3) is 0.353. The second-order valence-corrected chi connectivity index (χ2v) is 5.55. The molecular formula is C17H24IN3OS. The van der Waals surface area contributed by atoms with E-state index in [4.69, 9.17) is 4.74 Å². The molecule has 1 heterocycles. The predicted molar refractivity (Wildman–Crippen MR) is 109 cm³/mol. The highest BCUT2D eigenvalue weighted by atomic mass is 127. The minimum atomic E-state index is 0. The van der Waals surface area contributed by atoms with E-state index in [1.54, 1.807) is 18.4 Å². The number of nitrogens with zero attached hydrogens (tertiary/aromatic N) is 1. The van der Waals surface area contributed by atoms with E-state index in [0.29, 0.717) is 6.61 Å². The van der Waals surface area contributed by atoms with E-state index in [9.17, 15) is 0 Å².